The number of piperidine rings is 1. The fraction of sp³-hybridized carbons (Fsp3) is 0.391. The summed E-state index contributed by atoms with van der Waals surface area (Å²) >= 11 is 0. The van der Waals surface area contributed by atoms with Crippen LogP contribution in [0.5, 0.6) is 0 Å². The molecule has 170 valence electrons. The van der Waals surface area contributed by atoms with Crippen LogP contribution in [0.25, 0.3) is 5.65 Å². The predicted molar refractivity (Wildman–Crippen MR) is 128 cm³/mol. The molecule has 1 saturated heterocycles. The highest BCUT2D eigenvalue weighted by Crippen LogP contribution is 2.33. The molecule has 33 heavy (non-hydrogen) atoms. The summed E-state index contributed by atoms with van der Waals surface area (Å²) in [6.07, 6.45) is 5.78. The van der Waals surface area contributed by atoms with Crippen molar-refractivity contribution in [1.82, 2.24) is 14.6 Å². The number of carbonyl (C=O) groups is 1. The third-order valence-electron chi connectivity index (χ3n) is 5.90. The average molecular weight is 446 g/mol. The number of nitrogens with one attached hydrogen (secondary N) is 3. The van der Waals surface area contributed by atoms with E-state index in [1.54, 1.807) is 4.52 Å². The number of aromatic nitrogens is 3. The van der Waals surface area contributed by atoms with Gasteiger partial charge in [0.1, 0.15) is 23.3 Å². The van der Waals surface area contributed by atoms with Crippen LogP contribution >= 0.6 is 0 Å². The third-order valence-corrected chi connectivity index (χ3v) is 5.90. The van der Waals surface area contributed by atoms with Crippen LogP contribution in [-0.4, -0.2) is 45.7 Å². The van der Waals surface area contributed by atoms with Gasteiger partial charge in [-0.3, -0.25) is 4.79 Å². The minimum Gasteiger partial charge on any atom is -0.368 e. The van der Waals surface area contributed by atoms with Gasteiger partial charge in [0.2, 0.25) is 5.91 Å². The molecule has 2 aromatic heterocycles. The fourth-order valence-corrected chi connectivity index (χ4v) is 4.20. The zero-order valence-electron chi connectivity index (χ0n) is 18.5. The van der Waals surface area contributed by atoms with E-state index in [0.29, 0.717) is 23.1 Å². The molecule has 5 N–H and O–H groups in total. The second kappa shape index (κ2) is 8.60. The van der Waals surface area contributed by atoms with Crippen molar-refractivity contribution in [2.45, 2.75) is 44.7 Å². The number of anilines is 5. The van der Waals surface area contributed by atoms with Crippen LogP contribution in [0.15, 0.2) is 30.5 Å². The number of amides is 1. The minimum atomic E-state index is -0.136. The summed E-state index contributed by atoms with van der Waals surface area (Å²) in [4.78, 5) is 18.7. The predicted octanol–water partition coefficient (Wildman–Crippen LogP) is 2.80. The fourth-order valence-electron chi connectivity index (χ4n) is 4.20. The molecule has 0 radical (unpaired) electrons. The van der Waals surface area contributed by atoms with Gasteiger partial charge in [0.25, 0.3) is 0 Å². The van der Waals surface area contributed by atoms with Gasteiger partial charge < -0.3 is 26.6 Å². The summed E-state index contributed by atoms with van der Waals surface area (Å²) in [6.45, 7) is 3.16. The van der Waals surface area contributed by atoms with E-state index in [9.17, 15) is 10.1 Å². The molecule has 3 aromatic rings. The highest BCUT2D eigenvalue weighted by atomic mass is 16.1. The molecule has 2 fully saturated rings. The number of rotatable bonds is 6. The van der Waals surface area contributed by atoms with Crippen molar-refractivity contribution in [3.63, 3.8) is 0 Å². The molecule has 10 nitrogen and oxygen atoms in total. The molecule has 1 amide bonds. The summed E-state index contributed by atoms with van der Waals surface area (Å²) in [5, 5.41) is 23.5. The van der Waals surface area contributed by atoms with Gasteiger partial charge in [-0.1, -0.05) is 0 Å². The Kier molecular flexibility index (Phi) is 5.48. The molecule has 5 rings (SSSR count). The van der Waals surface area contributed by atoms with Crippen LogP contribution < -0.4 is 26.6 Å². The monoisotopic (exact) mass is 445 g/mol. The van der Waals surface area contributed by atoms with Crippen molar-refractivity contribution in [2.75, 3.05) is 33.9 Å². The van der Waals surface area contributed by atoms with Crippen molar-refractivity contribution in [1.29, 1.82) is 5.26 Å². The summed E-state index contributed by atoms with van der Waals surface area (Å²) in [6, 6.07) is 10.4. The molecular weight excluding hydrogens is 418 g/mol. The van der Waals surface area contributed by atoms with E-state index in [-0.39, 0.29) is 11.9 Å². The maximum atomic E-state index is 11.9. The lowest BCUT2D eigenvalue weighted by molar-refractivity contribution is -0.114. The van der Waals surface area contributed by atoms with Gasteiger partial charge in [0.05, 0.1) is 17.6 Å². The van der Waals surface area contributed by atoms with Crippen molar-refractivity contribution in [3.05, 3.63) is 36.0 Å². The lowest BCUT2D eigenvalue weighted by Crippen LogP contribution is -2.43. The molecular formula is C23H27N9O. The molecule has 0 spiro atoms. The Hall–Kier alpha value is -3.84. The van der Waals surface area contributed by atoms with Crippen molar-refractivity contribution in [3.8, 4) is 6.07 Å². The summed E-state index contributed by atoms with van der Waals surface area (Å²) in [5.74, 6) is 1.24. The number of nitriles is 1. The SMILES string of the molecule is CC(=O)Nc1cc(Nc2cc(NC3CC3)n3ncc(C#N)c3n2)ccc1N1CCC[C@@H](N)C1. The molecule has 1 saturated carbocycles. The van der Waals surface area contributed by atoms with Crippen molar-refractivity contribution < 1.29 is 4.79 Å². The molecule has 2 aliphatic rings. The second-order valence-corrected chi connectivity index (χ2v) is 8.74. The van der Waals surface area contributed by atoms with Crippen molar-refractivity contribution in [2.24, 2.45) is 5.73 Å². The maximum absolute atomic E-state index is 11.9. The molecule has 1 aliphatic carbocycles. The highest BCUT2D eigenvalue weighted by Gasteiger charge is 2.24. The summed E-state index contributed by atoms with van der Waals surface area (Å²) in [7, 11) is 0. The largest absolute Gasteiger partial charge is 0.368 e. The minimum absolute atomic E-state index is 0.125. The van der Waals surface area contributed by atoms with Crippen LogP contribution in [-0.2, 0) is 4.79 Å². The highest BCUT2D eigenvalue weighted by molar-refractivity contribution is 5.94. The Labute approximate surface area is 191 Å². The molecule has 3 heterocycles. The average Bonchev–Trinajstić information content (AvgIpc) is 3.49. The van der Waals surface area contributed by atoms with Crippen LogP contribution in [0.3, 0.4) is 0 Å². The van der Waals surface area contributed by atoms with Crippen LogP contribution in [0.2, 0.25) is 0 Å². The number of hydrogen-bond donors (Lipinski definition) is 4. The van der Waals surface area contributed by atoms with Crippen molar-refractivity contribution >= 4 is 40.3 Å². The molecule has 0 unspecified atom stereocenters. The Balaban J connectivity index is 1.48. The number of hydrogen-bond acceptors (Lipinski definition) is 8. The Morgan fingerprint density at radius 3 is 2.85 bits per heavy atom. The number of fused-ring (bicyclic) bond motifs is 1. The third kappa shape index (κ3) is 4.54. The van der Waals surface area contributed by atoms with E-state index in [1.165, 1.54) is 13.1 Å². The van der Waals surface area contributed by atoms with Gasteiger partial charge in [-0.05, 0) is 43.9 Å². The first-order valence-corrected chi connectivity index (χ1v) is 11.2. The molecule has 10 heteroatoms. The first kappa shape index (κ1) is 21.0. The smallest absolute Gasteiger partial charge is 0.221 e. The Bertz CT molecular complexity index is 1240. The van der Waals surface area contributed by atoms with Crippen LogP contribution in [0.4, 0.5) is 28.7 Å². The van der Waals surface area contributed by atoms with Crippen LogP contribution in [0.1, 0.15) is 38.2 Å². The lowest BCUT2D eigenvalue weighted by atomic mass is 10.1. The quantitative estimate of drug-likeness (QED) is 0.455. The van der Waals surface area contributed by atoms with E-state index in [0.717, 1.165) is 61.7 Å². The summed E-state index contributed by atoms with van der Waals surface area (Å²) < 4.78 is 1.66. The van der Waals surface area contributed by atoms with Gasteiger partial charge in [-0.15, -0.1) is 0 Å². The zero-order chi connectivity index (χ0) is 22.9. The van der Waals surface area contributed by atoms with E-state index in [4.69, 9.17) is 5.73 Å². The van der Waals surface area contributed by atoms with Gasteiger partial charge in [-0.25, -0.2) is 4.98 Å². The lowest BCUT2D eigenvalue weighted by Gasteiger charge is -2.34. The molecule has 1 atom stereocenters. The number of nitrogens with zero attached hydrogens (tertiary/aromatic N) is 5. The number of benzene rings is 1. The molecule has 1 aliphatic heterocycles. The topological polar surface area (TPSA) is 136 Å². The van der Waals surface area contributed by atoms with E-state index >= 15 is 0 Å². The Morgan fingerprint density at radius 1 is 1.27 bits per heavy atom. The van der Waals surface area contributed by atoms with Gasteiger partial charge in [-0.2, -0.15) is 14.9 Å². The standard InChI is InChI=1S/C23H27N9O/c1-14(33)27-19-9-18(6-7-20(19)31-8-2-3-16(25)13-31)28-21-10-22(29-17-4-5-17)32-23(30-21)15(11-24)12-26-32/h6-7,9-10,12,16-17,29H,2-5,8,13,25H2,1H3,(H,27,33)(H,28,30)/t16-/m1/s1. The van der Waals surface area contributed by atoms with E-state index < -0.39 is 0 Å². The summed E-state index contributed by atoms with van der Waals surface area (Å²) in [5.41, 5.74) is 9.53. The van der Waals surface area contributed by atoms with Gasteiger partial charge in [0, 0.05) is 43.9 Å². The number of carbonyl (C=O) groups excluding carboxylic acids is 1. The zero-order valence-corrected chi connectivity index (χ0v) is 18.5. The second-order valence-electron chi connectivity index (χ2n) is 8.74. The van der Waals surface area contributed by atoms with E-state index in [1.807, 2.05) is 24.3 Å². The number of nitrogens with two attached hydrogens (primary N) is 1. The van der Waals surface area contributed by atoms with Crippen LogP contribution in [0, 0.1) is 11.3 Å². The Morgan fingerprint density at radius 2 is 2.12 bits per heavy atom. The first-order chi connectivity index (χ1) is 16.0. The first-order valence-electron chi connectivity index (χ1n) is 11.2. The molecule has 1 aromatic carbocycles. The molecule has 0 bridgehead atoms. The van der Waals surface area contributed by atoms with Gasteiger partial charge >= 0.3 is 0 Å². The normalized spacial score (nSPS) is 18.1. The van der Waals surface area contributed by atoms with Gasteiger partial charge in [0.15, 0.2) is 5.65 Å². The maximum Gasteiger partial charge on any atom is 0.221 e. The van der Waals surface area contributed by atoms with E-state index in [2.05, 4.69) is 37.0 Å².